The molecule has 0 bridgehead atoms. The Morgan fingerprint density at radius 1 is 0.935 bits per heavy atom. The van der Waals surface area contributed by atoms with E-state index in [1.165, 1.54) is 6.07 Å². The predicted octanol–water partition coefficient (Wildman–Crippen LogP) is 7.51. The number of aliphatic carboxylic acids is 1. The van der Waals surface area contributed by atoms with Crippen molar-refractivity contribution >= 4 is 39.6 Å². The fourth-order valence-electron chi connectivity index (χ4n) is 4.47. The van der Waals surface area contributed by atoms with E-state index in [4.69, 9.17) is 13.7 Å². The van der Waals surface area contributed by atoms with Gasteiger partial charge in [0.25, 0.3) is 11.8 Å². The number of hydrogen-bond acceptors (Lipinski definition) is 8. The molecule has 0 spiro atoms. The molecule has 0 fully saturated rings. The SMILES string of the molecule is Cc1ccc(-c2ccc(C(=O)N[C@H](Cc3cc(Br)cc(-c4noc(-c5ccc(NC(=O)OC(C)(C)C)cc5)n4)c3)C(=O)O)o2)cc1. The zero-order chi connectivity index (χ0) is 33.0. The summed E-state index contributed by atoms with van der Waals surface area (Å²) in [5, 5.41) is 19.2. The summed E-state index contributed by atoms with van der Waals surface area (Å²) >= 11 is 3.47. The van der Waals surface area contributed by atoms with Crippen molar-refractivity contribution in [1.82, 2.24) is 15.5 Å². The first-order chi connectivity index (χ1) is 21.8. The van der Waals surface area contributed by atoms with Crippen molar-refractivity contribution in [3.8, 4) is 34.2 Å². The second-order valence-corrected chi connectivity index (χ2v) is 12.5. The maximum absolute atomic E-state index is 12.9. The summed E-state index contributed by atoms with van der Waals surface area (Å²) < 4.78 is 17.1. The van der Waals surface area contributed by atoms with Crippen LogP contribution in [0, 0.1) is 6.92 Å². The number of aromatic nitrogens is 2. The van der Waals surface area contributed by atoms with Gasteiger partial charge in [-0.15, -0.1) is 0 Å². The summed E-state index contributed by atoms with van der Waals surface area (Å²) in [6, 6.07) is 21.7. The number of rotatable bonds is 9. The van der Waals surface area contributed by atoms with Crippen LogP contribution in [0.5, 0.6) is 0 Å². The number of nitrogens with zero attached hydrogens (tertiary/aromatic N) is 2. The number of benzene rings is 3. The number of aryl methyl sites for hydroxylation is 1. The van der Waals surface area contributed by atoms with Gasteiger partial charge in [0.15, 0.2) is 5.76 Å². The highest BCUT2D eigenvalue weighted by Crippen LogP contribution is 2.28. The molecule has 3 aromatic carbocycles. The van der Waals surface area contributed by atoms with Crippen LogP contribution in [0.3, 0.4) is 0 Å². The van der Waals surface area contributed by atoms with Gasteiger partial charge in [-0.05, 0) is 87.9 Å². The molecule has 0 aliphatic rings. The highest BCUT2D eigenvalue weighted by molar-refractivity contribution is 9.10. The van der Waals surface area contributed by atoms with Crippen LogP contribution in [-0.4, -0.2) is 44.9 Å². The van der Waals surface area contributed by atoms with E-state index < -0.39 is 29.6 Å². The molecule has 46 heavy (non-hydrogen) atoms. The average Bonchev–Trinajstić information content (AvgIpc) is 3.67. The third-order valence-electron chi connectivity index (χ3n) is 6.63. The molecule has 0 aliphatic heterocycles. The number of carboxylic acid groups (broad SMARTS) is 1. The molecule has 0 saturated carbocycles. The molecule has 11 nitrogen and oxygen atoms in total. The van der Waals surface area contributed by atoms with Gasteiger partial charge in [-0.3, -0.25) is 10.1 Å². The smallest absolute Gasteiger partial charge is 0.412 e. The Hall–Kier alpha value is -5.23. The number of carboxylic acids is 1. The lowest BCUT2D eigenvalue weighted by atomic mass is 10.0. The first-order valence-corrected chi connectivity index (χ1v) is 15.1. The minimum absolute atomic E-state index is 0.00439. The summed E-state index contributed by atoms with van der Waals surface area (Å²) in [5.74, 6) is -0.808. The lowest BCUT2D eigenvalue weighted by molar-refractivity contribution is -0.139. The van der Waals surface area contributed by atoms with E-state index in [9.17, 15) is 19.5 Å². The second-order valence-electron chi connectivity index (χ2n) is 11.6. The number of furan rings is 1. The summed E-state index contributed by atoms with van der Waals surface area (Å²) in [6.45, 7) is 7.32. The first kappa shape index (κ1) is 32.2. The van der Waals surface area contributed by atoms with Crippen LogP contribution in [0.25, 0.3) is 34.2 Å². The number of halogens is 1. The number of anilines is 1. The molecular weight excluding hydrogens is 656 g/mol. The van der Waals surface area contributed by atoms with Gasteiger partial charge < -0.3 is 24.1 Å². The van der Waals surface area contributed by atoms with E-state index in [1.807, 2.05) is 31.2 Å². The highest BCUT2D eigenvalue weighted by Gasteiger charge is 2.24. The molecule has 5 rings (SSSR count). The van der Waals surface area contributed by atoms with Gasteiger partial charge >= 0.3 is 12.1 Å². The lowest BCUT2D eigenvalue weighted by Crippen LogP contribution is -2.42. The zero-order valence-electron chi connectivity index (χ0n) is 25.5. The fourth-order valence-corrected chi connectivity index (χ4v) is 5.01. The fraction of sp³-hybridized carbons (Fsp3) is 0.206. The van der Waals surface area contributed by atoms with Crippen LogP contribution < -0.4 is 10.6 Å². The number of ether oxygens (including phenoxy) is 1. The van der Waals surface area contributed by atoms with Gasteiger partial charge in [-0.25, -0.2) is 9.59 Å². The van der Waals surface area contributed by atoms with Gasteiger partial charge in [0, 0.05) is 33.3 Å². The third-order valence-corrected chi connectivity index (χ3v) is 7.09. The Morgan fingerprint density at radius 3 is 2.30 bits per heavy atom. The quantitative estimate of drug-likeness (QED) is 0.143. The van der Waals surface area contributed by atoms with Gasteiger partial charge in [0.05, 0.1) is 0 Å². The molecule has 12 heteroatoms. The normalized spacial score (nSPS) is 11.9. The van der Waals surface area contributed by atoms with Crippen LogP contribution in [0.1, 0.15) is 42.5 Å². The van der Waals surface area contributed by atoms with Gasteiger partial charge in [-0.1, -0.05) is 50.9 Å². The Labute approximate surface area is 273 Å². The largest absolute Gasteiger partial charge is 0.480 e. The second kappa shape index (κ2) is 13.4. The zero-order valence-corrected chi connectivity index (χ0v) is 27.0. The number of carbonyl (C=O) groups excluding carboxylic acids is 2. The first-order valence-electron chi connectivity index (χ1n) is 14.3. The average molecular weight is 688 g/mol. The van der Waals surface area contributed by atoms with Gasteiger partial charge in [0.1, 0.15) is 17.4 Å². The molecular formula is C34H31BrN4O7. The van der Waals surface area contributed by atoms with Crippen molar-refractivity contribution < 1.29 is 33.2 Å². The van der Waals surface area contributed by atoms with E-state index in [1.54, 1.807) is 69.3 Å². The summed E-state index contributed by atoms with van der Waals surface area (Å²) in [4.78, 5) is 41.6. The van der Waals surface area contributed by atoms with E-state index >= 15 is 0 Å². The van der Waals surface area contributed by atoms with Crippen LogP contribution in [0.4, 0.5) is 10.5 Å². The van der Waals surface area contributed by atoms with Gasteiger partial charge in [-0.2, -0.15) is 4.98 Å². The van der Waals surface area contributed by atoms with Crippen LogP contribution in [0.2, 0.25) is 0 Å². The molecule has 2 heterocycles. The topological polar surface area (TPSA) is 157 Å². The predicted molar refractivity (Wildman–Crippen MR) is 174 cm³/mol. The molecule has 0 aliphatic carbocycles. The Bertz CT molecular complexity index is 1870. The maximum atomic E-state index is 12.9. The molecule has 2 aromatic heterocycles. The number of hydrogen-bond donors (Lipinski definition) is 3. The Kier molecular flexibility index (Phi) is 9.38. The van der Waals surface area contributed by atoms with Crippen LogP contribution in [0.15, 0.2) is 92.3 Å². The maximum Gasteiger partial charge on any atom is 0.412 e. The molecule has 3 N–H and O–H groups in total. The van der Waals surface area contributed by atoms with Crippen molar-refractivity contribution in [2.45, 2.75) is 45.8 Å². The van der Waals surface area contributed by atoms with Crippen molar-refractivity contribution in [3.05, 3.63) is 100 Å². The van der Waals surface area contributed by atoms with E-state index in [0.717, 1.165) is 11.1 Å². The minimum atomic E-state index is -1.24. The molecule has 2 amide bonds. The Morgan fingerprint density at radius 2 is 1.63 bits per heavy atom. The van der Waals surface area contributed by atoms with Crippen LogP contribution in [-0.2, 0) is 16.0 Å². The highest BCUT2D eigenvalue weighted by atomic mass is 79.9. The van der Waals surface area contributed by atoms with Crippen molar-refractivity contribution in [2.75, 3.05) is 5.32 Å². The summed E-state index contributed by atoms with van der Waals surface area (Å²) in [7, 11) is 0. The lowest BCUT2D eigenvalue weighted by Gasteiger charge is -2.19. The van der Waals surface area contributed by atoms with Crippen molar-refractivity contribution in [2.24, 2.45) is 0 Å². The molecule has 5 aromatic rings. The molecule has 0 unspecified atom stereocenters. The minimum Gasteiger partial charge on any atom is -0.480 e. The Balaban J connectivity index is 1.27. The van der Waals surface area contributed by atoms with E-state index in [2.05, 4.69) is 36.7 Å². The summed E-state index contributed by atoms with van der Waals surface area (Å²) in [6.07, 6.45) is -0.584. The molecule has 236 valence electrons. The number of amides is 2. The van der Waals surface area contributed by atoms with E-state index in [0.29, 0.717) is 32.6 Å². The van der Waals surface area contributed by atoms with Crippen molar-refractivity contribution in [3.63, 3.8) is 0 Å². The standard InChI is InChI=1S/C34H31BrN4O7/c1-19-5-7-21(8-6-19)27-13-14-28(44-27)30(40)37-26(32(41)42)17-20-15-23(18-24(35)16-20)29-38-31(46-39-29)22-9-11-25(12-10-22)36-33(43)45-34(2,3)4/h5-16,18,26H,17H2,1-4H3,(H,36,43)(H,37,40)(H,41,42)/t26-/m1/s1. The molecule has 0 saturated heterocycles. The number of nitrogens with one attached hydrogen (secondary N) is 2. The van der Waals surface area contributed by atoms with Gasteiger partial charge in [0.2, 0.25) is 5.82 Å². The monoisotopic (exact) mass is 686 g/mol. The van der Waals surface area contributed by atoms with Crippen LogP contribution >= 0.6 is 15.9 Å². The third kappa shape index (κ3) is 8.27. The summed E-state index contributed by atoms with van der Waals surface area (Å²) in [5.41, 5.74) is 3.62. The number of carbonyl (C=O) groups is 3. The molecule has 0 radical (unpaired) electrons. The van der Waals surface area contributed by atoms with E-state index in [-0.39, 0.29) is 23.9 Å². The van der Waals surface area contributed by atoms with Crippen molar-refractivity contribution in [1.29, 1.82) is 0 Å². The molecule has 1 atom stereocenters.